The first-order valence-corrected chi connectivity index (χ1v) is 5.57. The lowest BCUT2D eigenvalue weighted by molar-refractivity contribution is -0.128. The molecule has 1 aliphatic rings. The third-order valence-electron chi connectivity index (χ3n) is 2.81. The van der Waals surface area contributed by atoms with E-state index in [2.05, 4.69) is 5.32 Å². The fourth-order valence-corrected chi connectivity index (χ4v) is 1.70. The first kappa shape index (κ1) is 13.4. The molecule has 8 nitrogen and oxygen atoms in total. The number of ether oxygens (including phenoxy) is 1. The molecule has 0 spiro atoms. The monoisotopic (exact) mass is 270 g/mol. The van der Waals surface area contributed by atoms with Crippen LogP contribution in [0, 0.1) is 0 Å². The fourth-order valence-electron chi connectivity index (χ4n) is 1.70. The smallest absolute Gasteiger partial charge is 0.257 e. The summed E-state index contributed by atoms with van der Waals surface area (Å²) in [5.74, 6) is -1.93. The SMILES string of the molecule is O=C(CNC1OC1Cc1ccc(O)c(O)c1O)NO. The first-order chi connectivity index (χ1) is 9.02. The van der Waals surface area contributed by atoms with Crippen molar-refractivity contribution in [2.45, 2.75) is 18.8 Å². The van der Waals surface area contributed by atoms with Crippen molar-refractivity contribution < 1.29 is 30.1 Å². The van der Waals surface area contributed by atoms with Crippen LogP contribution < -0.4 is 10.8 Å². The van der Waals surface area contributed by atoms with Gasteiger partial charge in [-0.15, -0.1) is 0 Å². The van der Waals surface area contributed by atoms with Crippen LogP contribution in [-0.4, -0.2) is 45.3 Å². The zero-order valence-corrected chi connectivity index (χ0v) is 9.83. The molecule has 19 heavy (non-hydrogen) atoms. The van der Waals surface area contributed by atoms with Crippen molar-refractivity contribution in [3.63, 3.8) is 0 Å². The van der Waals surface area contributed by atoms with Gasteiger partial charge in [0.1, 0.15) is 12.3 Å². The zero-order valence-electron chi connectivity index (χ0n) is 9.83. The number of amides is 1. The minimum Gasteiger partial charge on any atom is -0.504 e. The van der Waals surface area contributed by atoms with Crippen LogP contribution in [-0.2, 0) is 16.0 Å². The molecule has 104 valence electrons. The average molecular weight is 270 g/mol. The Hall–Kier alpha value is -2.03. The second kappa shape index (κ2) is 5.31. The van der Waals surface area contributed by atoms with Crippen molar-refractivity contribution in [2.24, 2.45) is 0 Å². The van der Waals surface area contributed by atoms with Crippen LogP contribution in [0.15, 0.2) is 12.1 Å². The Morgan fingerprint density at radius 1 is 1.26 bits per heavy atom. The van der Waals surface area contributed by atoms with E-state index in [9.17, 15) is 20.1 Å². The molecule has 2 unspecified atom stereocenters. The van der Waals surface area contributed by atoms with Crippen LogP contribution in [0.3, 0.4) is 0 Å². The highest BCUT2D eigenvalue weighted by molar-refractivity contribution is 5.76. The lowest BCUT2D eigenvalue weighted by atomic mass is 10.1. The summed E-state index contributed by atoms with van der Waals surface area (Å²) in [4.78, 5) is 10.8. The standard InChI is InChI=1S/C11H14N2O6/c14-6-2-1-5(9(16)10(6)17)3-7-11(19-7)12-4-8(15)13-18/h1-2,7,11-12,14,16-18H,3-4H2,(H,13,15). The van der Waals surface area contributed by atoms with Crippen molar-refractivity contribution in [1.29, 1.82) is 0 Å². The molecular formula is C11H14N2O6. The van der Waals surface area contributed by atoms with E-state index in [4.69, 9.17) is 9.94 Å². The van der Waals surface area contributed by atoms with E-state index in [1.807, 2.05) is 0 Å². The maximum absolute atomic E-state index is 10.8. The molecule has 1 aliphatic heterocycles. The molecule has 2 atom stereocenters. The Balaban J connectivity index is 1.87. The number of phenols is 3. The van der Waals surface area contributed by atoms with Crippen molar-refractivity contribution >= 4 is 5.91 Å². The lowest BCUT2D eigenvalue weighted by Crippen LogP contribution is -2.34. The summed E-state index contributed by atoms with van der Waals surface area (Å²) in [7, 11) is 0. The molecular weight excluding hydrogens is 256 g/mol. The number of aromatic hydroxyl groups is 3. The van der Waals surface area contributed by atoms with E-state index in [0.717, 1.165) is 0 Å². The number of hydroxylamine groups is 1. The van der Waals surface area contributed by atoms with Crippen LogP contribution in [0.25, 0.3) is 0 Å². The number of phenolic OH excluding ortho intramolecular Hbond substituents is 3. The number of hydrogen-bond donors (Lipinski definition) is 6. The Kier molecular flexibility index (Phi) is 3.74. The van der Waals surface area contributed by atoms with Gasteiger partial charge in [-0.05, 0) is 6.07 Å². The van der Waals surface area contributed by atoms with E-state index in [1.54, 1.807) is 0 Å². The van der Waals surface area contributed by atoms with Crippen LogP contribution in [0.2, 0.25) is 0 Å². The Labute approximate surface area is 108 Å². The molecule has 0 saturated carbocycles. The van der Waals surface area contributed by atoms with Gasteiger partial charge in [0.25, 0.3) is 5.91 Å². The van der Waals surface area contributed by atoms with Gasteiger partial charge in [-0.1, -0.05) is 6.07 Å². The highest BCUT2D eigenvalue weighted by Crippen LogP contribution is 2.39. The van der Waals surface area contributed by atoms with Crippen LogP contribution in [0.5, 0.6) is 17.2 Å². The normalized spacial score (nSPS) is 21.1. The molecule has 1 heterocycles. The summed E-state index contributed by atoms with van der Waals surface area (Å²) in [5.41, 5.74) is 1.90. The van der Waals surface area contributed by atoms with Crippen LogP contribution in [0.4, 0.5) is 0 Å². The summed E-state index contributed by atoms with van der Waals surface area (Å²) in [5, 5.41) is 39.2. The third kappa shape index (κ3) is 3.05. The second-order valence-electron chi connectivity index (χ2n) is 4.16. The van der Waals surface area contributed by atoms with Gasteiger partial charge in [0.05, 0.1) is 6.54 Å². The van der Waals surface area contributed by atoms with Crippen LogP contribution in [0.1, 0.15) is 5.56 Å². The molecule has 6 N–H and O–H groups in total. The maximum atomic E-state index is 10.8. The number of hydrogen-bond acceptors (Lipinski definition) is 7. The number of carbonyl (C=O) groups excluding carboxylic acids is 1. The Bertz CT molecular complexity index is 492. The van der Waals surface area contributed by atoms with Crippen molar-refractivity contribution in [2.75, 3.05) is 6.54 Å². The van der Waals surface area contributed by atoms with Gasteiger partial charge in [0, 0.05) is 12.0 Å². The van der Waals surface area contributed by atoms with Gasteiger partial charge in [-0.2, -0.15) is 0 Å². The number of carbonyl (C=O) groups is 1. The predicted molar refractivity (Wildman–Crippen MR) is 61.7 cm³/mol. The topological polar surface area (TPSA) is 135 Å². The maximum Gasteiger partial charge on any atom is 0.257 e. The number of epoxide rings is 1. The number of rotatable bonds is 5. The molecule has 0 aromatic heterocycles. The zero-order chi connectivity index (χ0) is 14.0. The summed E-state index contributed by atoms with van der Waals surface area (Å²) in [6.07, 6.45) is -0.285. The molecule has 1 aromatic rings. The Morgan fingerprint density at radius 3 is 2.68 bits per heavy atom. The molecule has 1 fully saturated rings. The van der Waals surface area contributed by atoms with E-state index < -0.39 is 17.4 Å². The molecule has 1 aromatic carbocycles. The molecule has 0 bridgehead atoms. The minimum absolute atomic E-state index is 0.0928. The van der Waals surface area contributed by atoms with Gasteiger partial charge in [-0.25, -0.2) is 5.48 Å². The Morgan fingerprint density at radius 2 is 2.00 bits per heavy atom. The highest BCUT2D eigenvalue weighted by atomic mass is 16.6. The van der Waals surface area contributed by atoms with E-state index >= 15 is 0 Å². The van der Waals surface area contributed by atoms with Gasteiger partial charge < -0.3 is 20.1 Å². The van der Waals surface area contributed by atoms with Gasteiger partial charge in [-0.3, -0.25) is 15.3 Å². The van der Waals surface area contributed by atoms with E-state index in [0.29, 0.717) is 12.0 Å². The third-order valence-corrected chi connectivity index (χ3v) is 2.81. The predicted octanol–water partition coefficient (Wildman–Crippen LogP) is -0.834. The molecule has 0 radical (unpaired) electrons. The summed E-state index contributed by atoms with van der Waals surface area (Å²) < 4.78 is 5.21. The molecule has 0 aliphatic carbocycles. The number of nitrogens with one attached hydrogen (secondary N) is 2. The molecule has 1 saturated heterocycles. The number of benzene rings is 1. The lowest BCUT2D eigenvalue weighted by Gasteiger charge is -2.06. The quantitative estimate of drug-likeness (QED) is 0.178. The van der Waals surface area contributed by atoms with Gasteiger partial charge in [0.2, 0.25) is 5.75 Å². The summed E-state index contributed by atoms with van der Waals surface area (Å²) >= 11 is 0. The molecule has 2 rings (SSSR count). The fraction of sp³-hybridized carbons (Fsp3) is 0.364. The average Bonchev–Trinajstić information content (AvgIpc) is 3.15. The molecule has 1 amide bonds. The van der Waals surface area contributed by atoms with Crippen molar-refractivity contribution in [3.05, 3.63) is 17.7 Å². The van der Waals surface area contributed by atoms with Crippen LogP contribution >= 0.6 is 0 Å². The van der Waals surface area contributed by atoms with Gasteiger partial charge in [0.15, 0.2) is 11.5 Å². The van der Waals surface area contributed by atoms with E-state index in [1.165, 1.54) is 17.6 Å². The minimum atomic E-state index is -0.584. The van der Waals surface area contributed by atoms with Crippen molar-refractivity contribution in [1.82, 2.24) is 10.8 Å². The second-order valence-corrected chi connectivity index (χ2v) is 4.16. The summed E-state index contributed by atoms with van der Waals surface area (Å²) in [6.45, 7) is -0.0928. The highest BCUT2D eigenvalue weighted by Gasteiger charge is 2.39. The molecule has 8 heteroatoms. The van der Waals surface area contributed by atoms with E-state index in [-0.39, 0.29) is 24.6 Å². The first-order valence-electron chi connectivity index (χ1n) is 5.57. The van der Waals surface area contributed by atoms with Gasteiger partial charge >= 0.3 is 0 Å². The van der Waals surface area contributed by atoms with Crippen molar-refractivity contribution in [3.8, 4) is 17.2 Å². The summed E-state index contributed by atoms with van der Waals surface area (Å²) in [6, 6.07) is 2.75. The largest absolute Gasteiger partial charge is 0.504 e.